The average Bonchev–Trinajstić information content (AvgIpc) is 3.09. The third kappa shape index (κ3) is 3.56. The summed E-state index contributed by atoms with van der Waals surface area (Å²) >= 11 is 0. The Morgan fingerprint density at radius 1 is 1.09 bits per heavy atom. The molecule has 0 aliphatic carbocycles. The second-order valence-corrected chi connectivity index (χ2v) is 5.69. The molecule has 0 unspecified atom stereocenters. The summed E-state index contributed by atoms with van der Waals surface area (Å²) in [4.78, 5) is 29.9. The first-order chi connectivity index (χ1) is 11.1. The van der Waals surface area contributed by atoms with Gasteiger partial charge < -0.3 is 10.2 Å². The van der Waals surface area contributed by atoms with Gasteiger partial charge in [-0.25, -0.2) is 0 Å². The molecule has 0 atom stereocenters. The summed E-state index contributed by atoms with van der Waals surface area (Å²) in [6, 6.07) is 10.8. The molecule has 0 saturated carbocycles. The number of carbonyl (C=O) groups excluding carboxylic acids is 2. The van der Waals surface area contributed by atoms with E-state index >= 15 is 0 Å². The van der Waals surface area contributed by atoms with Crippen LogP contribution in [0.2, 0.25) is 0 Å². The first-order valence-corrected chi connectivity index (χ1v) is 7.77. The number of hydrogen-bond acceptors (Lipinski definition) is 4. The van der Waals surface area contributed by atoms with Crippen LogP contribution >= 0.6 is 0 Å². The van der Waals surface area contributed by atoms with Crippen LogP contribution < -0.4 is 5.32 Å². The second kappa shape index (κ2) is 6.60. The van der Waals surface area contributed by atoms with Gasteiger partial charge in [0.05, 0.1) is 0 Å². The van der Waals surface area contributed by atoms with E-state index in [2.05, 4.69) is 10.3 Å². The first kappa shape index (κ1) is 15.2. The van der Waals surface area contributed by atoms with Gasteiger partial charge in [0, 0.05) is 36.2 Å². The average molecular weight is 309 g/mol. The molecule has 1 saturated heterocycles. The number of carbonyl (C=O) groups is 2. The summed E-state index contributed by atoms with van der Waals surface area (Å²) in [7, 11) is 0. The lowest BCUT2D eigenvalue weighted by Crippen LogP contribution is -2.28. The summed E-state index contributed by atoms with van der Waals surface area (Å²) in [6.45, 7) is 3.15. The van der Waals surface area contributed by atoms with Gasteiger partial charge in [-0.15, -0.1) is 0 Å². The van der Waals surface area contributed by atoms with Crippen LogP contribution in [0.25, 0.3) is 0 Å². The highest BCUT2D eigenvalue weighted by Crippen LogP contribution is 2.19. The van der Waals surface area contributed by atoms with Gasteiger partial charge >= 0.3 is 0 Å². The number of anilines is 2. The Bertz CT molecular complexity index is 737. The number of ketones is 1. The summed E-state index contributed by atoms with van der Waals surface area (Å²) < 4.78 is 0. The van der Waals surface area contributed by atoms with Crippen molar-refractivity contribution in [3.05, 3.63) is 53.9 Å². The van der Waals surface area contributed by atoms with Gasteiger partial charge in [0.15, 0.2) is 5.78 Å². The van der Waals surface area contributed by atoms with Crippen molar-refractivity contribution < 1.29 is 9.59 Å². The number of Topliss-reactive ketones (excluding diaryl/α,β-unsaturated/α-hetero) is 1. The predicted octanol–water partition coefficient (Wildman–Crippen LogP) is 3.26. The van der Waals surface area contributed by atoms with Gasteiger partial charge in [-0.05, 0) is 44.0 Å². The molecule has 3 rings (SSSR count). The minimum absolute atomic E-state index is 0.0216. The number of pyridine rings is 1. The van der Waals surface area contributed by atoms with Gasteiger partial charge in [-0.3, -0.25) is 14.6 Å². The van der Waals surface area contributed by atoms with Crippen LogP contribution in [0.1, 0.15) is 40.6 Å². The number of aromatic nitrogens is 1. The Hall–Kier alpha value is -2.69. The maximum Gasteiger partial charge on any atom is 0.272 e. The van der Waals surface area contributed by atoms with Crippen LogP contribution in [0.15, 0.2) is 42.6 Å². The monoisotopic (exact) mass is 309 g/mol. The molecule has 2 heterocycles. The zero-order chi connectivity index (χ0) is 16.2. The topological polar surface area (TPSA) is 62.3 Å². The highest BCUT2D eigenvalue weighted by atomic mass is 16.2. The van der Waals surface area contributed by atoms with Crippen LogP contribution in [-0.2, 0) is 0 Å². The van der Waals surface area contributed by atoms with E-state index in [4.69, 9.17) is 0 Å². The van der Waals surface area contributed by atoms with E-state index in [9.17, 15) is 9.59 Å². The zero-order valence-electron chi connectivity index (χ0n) is 13.1. The molecule has 5 nitrogen and oxygen atoms in total. The van der Waals surface area contributed by atoms with Crippen molar-refractivity contribution in [1.29, 1.82) is 0 Å². The van der Waals surface area contributed by atoms with Crippen LogP contribution in [0, 0.1) is 0 Å². The number of amides is 1. The summed E-state index contributed by atoms with van der Waals surface area (Å²) in [5, 5.41) is 3.22. The normalized spacial score (nSPS) is 13.9. The maximum atomic E-state index is 12.4. The second-order valence-electron chi connectivity index (χ2n) is 5.69. The number of likely N-dealkylation sites (tertiary alicyclic amines) is 1. The molecule has 1 N–H and O–H groups in total. The van der Waals surface area contributed by atoms with E-state index in [1.54, 1.807) is 37.4 Å². The molecule has 1 aromatic carbocycles. The molecule has 2 aromatic rings. The molecule has 0 spiro atoms. The SMILES string of the molecule is CC(=O)c1cccc(Nc2ccnc(C(=O)N3CCCC3)c2)c1. The smallest absolute Gasteiger partial charge is 0.272 e. The molecule has 1 fully saturated rings. The Labute approximate surface area is 135 Å². The van der Waals surface area contributed by atoms with E-state index in [0.29, 0.717) is 11.3 Å². The number of nitrogens with zero attached hydrogens (tertiary/aromatic N) is 2. The van der Waals surface area contributed by atoms with Crippen LogP contribution in [0.4, 0.5) is 11.4 Å². The molecule has 23 heavy (non-hydrogen) atoms. The minimum atomic E-state index is -0.0244. The van der Waals surface area contributed by atoms with E-state index in [1.165, 1.54) is 0 Å². The van der Waals surface area contributed by atoms with Crippen molar-refractivity contribution in [3.63, 3.8) is 0 Å². The third-order valence-electron chi connectivity index (χ3n) is 3.93. The van der Waals surface area contributed by atoms with Crippen LogP contribution in [-0.4, -0.2) is 34.7 Å². The van der Waals surface area contributed by atoms with E-state index in [-0.39, 0.29) is 11.7 Å². The molecule has 1 aliphatic rings. The van der Waals surface area contributed by atoms with E-state index in [1.807, 2.05) is 17.0 Å². The van der Waals surface area contributed by atoms with Crippen molar-refractivity contribution in [3.8, 4) is 0 Å². The molecule has 0 radical (unpaired) electrons. The van der Waals surface area contributed by atoms with Crippen LogP contribution in [0.5, 0.6) is 0 Å². The molecule has 1 aliphatic heterocycles. The largest absolute Gasteiger partial charge is 0.355 e. The minimum Gasteiger partial charge on any atom is -0.355 e. The number of rotatable bonds is 4. The lowest BCUT2D eigenvalue weighted by atomic mass is 10.1. The Morgan fingerprint density at radius 3 is 2.57 bits per heavy atom. The molecule has 1 amide bonds. The highest BCUT2D eigenvalue weighted by molar-refractivity contribution is 5.95. The van der Waals surface area contributed by atoms with Gasteiger partial charge in [-0.1, -0.05) is 12.1 Å². The van der Waals surface area contributed by atoms with E-state index in [0.717, 1.165) is 37.3 Å². The van der Waals surface area contributed by atoms with Gasteiger partial charge in [0.25, 0.3) is 5.91 Å². The fourth-order valence-corrected chi connectivity index (χ4v) is 2.69. The van der Waals surface area contributed by atoms with Crippen molar-refractivity contribution in [2.45, 2.75) is 19.8 Å². The fraction of sp³-hybridized carbons (Fsp3) is 0.278. The Morgan fingerprint density at radius 2 is 1.83 bits per heavy atom. The van der Waals surface area contributed by atoms with Crippen molar-refractivity contribution in [2.75, 3.05) is 18.4 Å². The van der Waals surface area contributed by atoms with Gasteiger partial charge in [0.1, 0.15) is 5.69 Å². The summed E-state index contributed by atoms with van der Waals surface area (Å²) in [5.74, 6) is -0.00286. The number of benzene rings is 1. The highest BCUT2D eigenvalue weighted by Gasteiger charge is 2.20. The summed E-state index contributed by atoms with van der Waals surface area (Å²) in [6.07, 6.45) is 3.74. The van der Waals surface area contributed by atoms with Crippen molar-refractivity contribution in [1.82, 2.24) is 9.88 Å². The lowest BCUT2D eigenvalue weighted by Gasteiger charge is -2.15. The molecule has 1 aromatic heterocycles. The van der Waals surface area contributed by atoms with Gasteiger partial charge in [-0.2, -0.15) is 0 Å². The third-order valence-corrected chi connectivity index (χ3v) is 3.93. The Balaban J connectivity index is 1.78. The number of nitrogens with one attached hydrogen (secondary N) is 1. The maximum absolute atomic E-state index is 12.4. The Kier molecular flexibility index (Phi) is 4.37. The molecule has 5 heteroatoms. The predicted molar refractivity (Wildman–Crippen MR) is 89.1 cm³/mol. The molecular formula is C18H19N3O2. The summed E-state index contributed by atoms with van der Waals surface area (Å²) in [5.41, 5.74) is 2.68. The van der Waals surface area contributed by atoms with Crippen LogP contribution in [0.3, 0.4) is 0 Å². The van der Waals surface area contributed by atoms with Crippen molar-refractivity contribution in [2.24, 2.45) is 0 Å². The lowest BCUT2D eigenvalue weighted by molar-refractivity contribution is 0.0787. The number of hydrogen-bond donors (Lipinski definition) is 1. The molecule has 0 bridgehead atoms. The zero-order valence-corrected chi connectivity index (χ0v) is 13.1. The fourth-order valence-electron chi connectivity index (χ4n) is 2.69. The van der Waals surface area contributed by atoms with E-state index < -0.39 is 0 Å². The van der Waals surface area contributed by atoms with Crippen molar-refractivity contribution >= 4 is 23.1 Å². The first-order valence-electron chi connectivity index (χ1n) is 7.77. The standard InChI is InChI=1S/C18H19N3O2/c1-13(22)14-5-4-6-15(11-14)20-16-7-8-19-17(12-16)18(23)21-9-2-3-10-21/h4-8,11-12H,2-3,9-10H2,1H3,(H,19,20). The quantitative estimate of drug-likeness (QED) is 0.881. The molecule has 118 valence electrons. The van der Waals surface area contributed by atoms with Gasteiger partial charge in [0.2, 0.25) is 0 Å². The molecular weight excluding hydrogens is 290 g/mol.